The summed E-state index contributed by atoms with van der Waals surface area (Å²) in [6.07, 6.45) is 5.80. The third-order valence-corrected chi connectivity index (χ3v) is 3.69. The monoisotopic (exact) mass is 260 g/mol. The van der Waals surface area contributed by atoms with Crippen molar-refractivity contribution in [2.24, 2.45) is 5.92 Å². The zero-order valence-electron chi connectivity index (χ0n) is 10.8. The molecule has 0 saturated heterocycles. The maximum absolute atomic E-state index is 11.5. The van der Waals surface area contributed by atoms with Crippen molar-refractivity contribution in [2.45, 2.75) is 18.8 Å². The Labute approximate surface area is 112 Å². The molecule has 0 N–H and O–H groups in total. The molecule has 2 atom stereocenters. The van der Waals surface area contributed by atoms with Gasteiger partial charge in [-0.05, 0) is 30.5 Å². The van der Waals surface area contributed by atoms with Gasteiger partial charge in [0.1, 0.15) is 0 Å². The van der Waals surface area contributed by atoms with E-state index in [1.165, 1.54) is 12.7 Å². The molecular weight excluding hydrogens is 244 g/mol. The predicted molar refractivity (Wildman–Crippen MR) is 69.2 cm³/mol. The van der Waals surface area contributed by atoms with Crippen molar-refractivity contribution in [1.82, 2.24) is 0 Å². The van der Waals surface area contributed by atoms with Gasteiger partial charge in [0.15, 0.2) is 11.5 Å². The summed E-state index contributed by atoms with van der Waals surface area (Å²) in [5, 5.41) is 0. The molecule has 0 amide bonds. The van der Waals surface area contributed by atoms with Gasteiger partial charge in [-0.25, -0.2) is 0 Å². The highest BCUT2D eigenvalue weighted by molar-refractivity contribution is 5.74. The Kier molecular flexibility index (Phi) is 3.15. The van der Waals surface area contributed by atoms with Gasteiger partial charge in [-0.1, -0.05) is 18.2 Å². The first-order chi connectivity index (χ1) is 9.28. The van der Waals surface area contributed by atoms with Crippen LogP contribution in [0.5, 0.6) is 11.5 Å². The number of methoxy groups -OCH3 is 1. The lowest BCUT2D eigenvalue weighted by molar-refractivity contribution is -0.144. The summed E-state index contributed by atoms with van der Waals surface area (Å²) in [7, 11) is 1.43. The second-order valence-electron chi connectivity index (χ2n) is 4.81. The summed E-state index contributed by atoms with van der Waals surface area (Å²) >= 11 is 0. The molecule has 3 rings (SSSR count). The van der Waals surface area contributed by atoms with E-state index in [4.69, 9.17) is 14.2 Å². The molecule has 0 radical (unpaired) electrons. The molecule has 0 bridgehead atoms. The first kappa shape index (κ1) is 12.1. The number of rotatable bonds is 2. The van der Waals surface area contributed by atoms with Crippen molar-refractivity contribution >= 4 is 5.97 Å². The van der Waals surface area contributed by atoms with Crippen LogP contribution < -0.4 is 9.47 Å². The number of hydrogen-bond donors (Lipinski definition) is 0. The molecule has 100 valence electrons. The normalized spacial score (nSPS) is 24.3. The van der Waals surface area contributed by atoms with Crippen LogP contribution in [0.1, 0.15) is 24.3 Å². The minimum absolute atomic E-state index is 0.102. The molecule has 1 aromatic rings. The minimum Gasteiger partial charge on any atom is -0.469 e. The highest BCUT2D eigenvalue weighted by Gasteiger charge is 2.24. The second-order valence-corrected chi connectivity index (χ2v) is 4.81. The van der Waals surface area contributed by atoms with Crippen molar-refractivity contribution in [3.63, 3.8) is 0 Å². The fourth-order valence-electron chi connectivity index (χ4n) is 2.59. The molecule has 1 aliphatic heterocycles. The quantitative estimate of drug-likeness (QED) is 0.605. The zero-order valence-corrected chi connectivity index (χ0v) is 10.8. The van der Waals surface area contributed by atoms with E-state index in [-0.39, 0.29) is 11.9 Å². The van der Waals surface area contributed by atoms with Gasteiger partial charge in [-0.3, -0.25) is 4.79 Å². The first-order valence-electron chi connectivity index (χ1n) is 6.43. The van der Waals surface area contributed by atoms with Crippen LogP contribution in [0.4, 0.5) is 0 Å². The van der Waals surface area contributed by atoms with E-state index in [1.54, 1.807) is 0 Å². The van der Waals surface area contributed by atoms with E-state index in [0.717, 1.165) is 24.3 Å². The lowest BCUT2D eigenvalue weighted by Gasteiger charge is -2.21. The highest BCUT2D eigenvalue weighted by atomic mass is 16.7. The number of esters is 1. The lowest BCUT2D eigenvalue weighted by atomic mass is 9.84. The fraction of sp³-hybridized carbons (Fsp3) is 0.400. The summed E-state index contributed by atoms with van der Waals surface area (Å²) in [5.74, 6) is 1.68. The van der Waals surface area contributed by atoms with Gasteiger partial charge < -0.3 is 14.2 Å². The van der Waals surface area contributed by atoms with Gasteiger partial charge in [0.05, 0.1) is 13.0 Å². The van der Waals surface area contributed by atoms with Crippen molar-refractivity contribution < 1.29 is 19.0 Å². The number of carbonyl (C=O) groups excluding carboxylic acids is 1. The maximum atomic E-state index is 11.5. The van der Waals surface area contributed by atoms with Gasteiger partial charge in [-0.15, -0.1) is 0 Å². The smallest absolute Gasteiger partial charge is 0.312 e. The molecular formula is C15H16O4. The number of carbonyl (C=O) groups is 1. The molecule has 0 saturated carbocycles. The van der Waals surface area contributed by atoms with E-state index in [1.807, 2.05) is 18.2 Å². The number of benzene rings is 1. The topological polar surface area (TPSA) is 44.8 Å². The molecule has 0 aromatic heterocycles. The number of ether oxygens (including phenoxy) is 3. The number of fused-ring (bicyclic) bond motifs is 1. The van der Waals surface area contributed by atoms with E-state index in [2.05, 4.69) is 12.1 Å². The molecule has 4 heteroatoms. The van der Waals surface area contributed by atoms with Crippen LogP contribution in [0.15, 0.2) is 30.4 Å². The molecule has 1 aliphatic carbocycles. The Morgan fingerprint density at radius 1 is 1.21 bits per heavy atom. The molecule has 19 heavy (non-hydrogen) atoms. The molecule has 4 nitrogen and oxygen atoms in total. The molecule has 0 unspecified atom stereocenters. The second kappa shape index (κ2) is 4.96. The minimum atomic E-state index is -0.152. The molecule has 2 aliphatic rings. The highest BCUT2D eigenvalue weighted by Crippen LogP contribution is 2.38. The summed E-state index contributed by atoms with van der Waals surface area (Å²) in [6, 6.07) is 6.02. The average molecular weight is 260 g/mol. The summed E-state index contributed by atoms with van der Waals surface area (Å²) in [4.78, 5) is 11.5. The SMILES string of the molecule is COC(=O)[C@@H]1C=C[C@H](c2ccc3c(c2)OCO3)CC1. The average Bonchev–Trinajstić information content (AvgIpc) is 2.94. The Morgan fingerprint density at radius 2 is 2.05 bits per heavy atom. The van der Waals surface area contributed by atoms with E-state index in [9.17, 15) is 4.79 Å². The van der Waals surface area contributed by atoms with Crippen LogP contribution in [0.2, 0.25) is 0 Å². The van der Waals surface area contributed by atoms with Crippen LogP contribution >= 0.6 is 0 Å². The van der Waals surface area contributed by atoms with E-state index >= 15 is 0 Å². The van der Waals surface area contributed by atoms with Crippen molar-refractivity contribution in [3.8, 4) is 11.5 Å². The van der Waals surface area contributed by atoms with Gasteiger partial charge in [0, 0.05) is 5.92 Å². The standard InChI is InChI=1S/C15H16O4/c1-17-15(16)11-4-2-10(3-5-11)12-6-7-13-14(8-12)19-9-18-13/h2,4,6-8,10-11H,3,5,9H2,1H3/t10-,11+/m0/s1. The number of hydrogen-bond acceptors (Lipinski definition) is 4. The third-order valence-electron chi connectivity index (χ3n) is 3.69. The van der Waals surface area contributed by atoms with Crippen LogP contribution in [-0.4, -0.2) is 19.9 Å². The van der Waals surface area contributed by atoms with Gasteiger partial charge in [0.25, 0.3) is 0 Å². The molecule has 0 spiro atoms. The van der Waals surface area contributed by atoms with Crippen LogP contribution in [0.25, 0.3) is 0 Å². The van der Waals surface area contributed by atoms with Crippen LogP contribution in [0, 0.1) is 5.92 Å². The Morgan fingerprint density at radius 3 is 2.79 bits per heavy atom. The largest absolute Gasteiger partial charge is 0.469 e. The maximum Gasteiger partial charge on any atom is 0.312 e. The van der Waals surface area contributed by atoms with Gasteiger partial charge in [0.2, 0.25) is 6.79 Å². The van der Waals surface area contributed by atoms with Crippen LogP contribution in [-0.2, 0) is 9.53 Å². The summed E-state index contributed by atoms with van der Waals surface area (Å²) in [6.45, 7) is 0.295. The van der Waals surface area contributed by atoms with Gasteiger partial charge >= 0.3 is 5.97 Å². The summed E-state index contributed by atoms with van der Waals surface area (Å²) in [5.41, 5.74) is 1.20. The fourth-order valence-corrected chi connectivity index (χ4v) is 2.59. The number of allylic oxidation sites excluding steroid dienone is 1. The Bertz CT molecular complexity index is 521. The van der Waals surface area contributed by atoms with Crippen molar-refractivity contribution in [1.29, 1.82) is 0 Å². The zero-order chi connectivity index (χ0) is 13.2. The molecule has 0 fully saturated rings. The predicted octanol–water partition coefficient (Wildman–Crippen LogP) is 2.64. The van der Waals surface area contributed by atoms with Crippen LogP contribution in [0.3, 0.4) is 0 Å². The summed E-state index contributed by atoms with van der Waals surface area (Å²) < 4.78 is 15.5. The Hall–Kier alpha value is -1.97. The first-order valence-corrected chi connectivity index (χ1v) is 6.43. The Balaban J connectivity index is 1.76. The van der Waals surface area contributed by atoms with E-state index < -0.39 is 0 Å². The van der Waals surface area contributed by atoms with Gasteiger partial charge in [-0.2, -0.15) is 0 Å². The van der Waals surface area contributed by atoms with Crippen molar-refractivity contribution in [3.05, 3.63) is 35.9 Å². The lowest BCUT2D eigenvalue weighted by Crippen LogP contribution is -2.18. The third kappa shape index (κ3) is 2.30. The van der Waals surface area contributed by atoms with E-state index in [0.29, 0.717) is 12.7 Å². The molecule has 1 heterocycles. The molecule has 1 aromatic carbocycles. The van der Waals surface area contributed by atoms with Crippen molar-refractivity contribution in [2.75, 3.05) is 13.9 Å².